The topological polar surface area (TPSA) is 17.8 Å². The van der Waals surface area contributed by atoms with Crippen LogP contribution in [0.3, 0.4) is 0 Å². The second-order valence-corrected chi connectivity index (χ2v) is 4.99. The molecule has 0 saturated carbocycles. The summed E-state index contributed by atoms with van der Waals surface area (Å²) in [5.74, 6) is 1.15. The van der Waals surface area contributed by atoms with E-state index in [2.05, 4.69) is 52.3 Å². The Kier molecular flexibility index (Phi) is 2.69. The van der Waals surface area contributed by atoms with Gasteiger partial charge < -0.3 is 4.57 Å². The van der Waals surface area contributed by atoms with Gasteiger partial charge in [-0.15, -0.1) is 11.3 Å². The number of benzene rings is 1. The lowest BCUT2D eigenvalue weighted by Gasteiger charge is -2.05. The van der Waals surface area contributed by atoms with Crippen molar-refractivity contribution in [3.05, 3.63) is 53.4 Å². The fourth-order valence-electron chi connectivity index (χ4n) is 2.14. The highest BCUT2D eigenvalue weighted by atomic mass is 32.1. The summed E-state index contributed by atoms with van der Waals surface area (Å²) in [5, 5.41) is 3.62. The van der Waals surface area contributed by atoms with Crippen LogP contribution in [0.15, 0.2) is 42.0 Å². The fraction of sp³-hybridized carbons (Fsp3) is 0.214. The third kappa shape index (κ3) is 1.87. The maximum Gasteiger partial charge on any atom is 0.108 e. The van der Waals surface area contributed by atoms with Crippen molar-refractivity contribution in [2.45, 2.75) is 19.9 Å². The van der Waals surface area contributed by atoms with Crippen LogP contribution in [0, 0.1) is 0 Å². The molecule has 1 aromatic carbocycles. The Morgan fingerprint density at radius 2 is 2.18 bits per heavy atom. The minimum atomic E-state index is 0.924. The van der Waals surface area contributed by atoms with Crippen LogP contribution in [-0.2, 0) is 13.0 Å². The average Bonchev–Trinajstić information content (AvgIpc) is 2.97. The molecule has 0 aliphatic rings. The Bertz CT molecular complexity index is 636. The van der Waals surface area contributed by atoms with E-state index in [0.29, 0.717) is 0 Å². The maximum atomic E-state index is 4.36. The Morgan fingerprint density at radius 3 is 3.06 bits per heavy atom. The lowest BCUT2D eigenvalue weighted by atomic mass is 10.2. The van der Waals surface area contributed by atoms with Crippen molar-refractivity contribution in [1.82, 2.24) is 9.55 Å². The van der Waals surface area contributed by atoms with Gasteiger partial charge in [-0.05, 0) is 22.4 Å². The minimum Gasteiger partial charge on any atom is -0.330 e. The van der Waals surface area contributed by atoms with Gasteiger partial charge in [-0.3, -0.25) is 0 Å². The highest BCUT2D eigenvalue weighted by Crippen LogP contribution is 2.26. The molecule has 2 aromatic heterocycles. The van der Waals surface area contributed by atoms with Gasteiger partial charge in [0.25, 0.3) is 0 Å². The molecule has 3 aromatic rings. The largest absolute Gasteiger partial charge is 0.330 e. The molecule has 0 unspecified atom stereocenters. The van der Waals surface area contributed by atoms with E-state index in [4.69, 9.17) is 0 Å². The first-order valence-corrected chi connectivity index (χ1v) is 6.71. The Labute approximate surface area is 105 Å². The number of thiophene rings is 1. The molecule has 17 heavy (non-hydrogen) atoms. The minimum absolute atomic E-state index is 0.924. The summed E-state index contributed by atoms with van der Waals surface area (Å²) in [6.45, 7) is 3.07. The number of aromatic nitrogens is 2. The summed E-state index contributed by atoms with van der Waals surface area (Å²) < 4.78 is 3.59. The summed E-state index contributed by atoms with van der Waals surface area (Å²) in [4.78, 5) is 4.36. The molecule has 0 saturated heterocycles. The molecule has 0 N–H and O–H groups in total. The maximum absolute atomic E-state index is 4.36. The van der Waals surface area contributed by atoms with Gasteiger partial charge in [0.1, 0.15) is 5.82 Å². The molecule has 3 rings (SSSR count). The number of hydrogen-bond donors (Lipinski definition) is 0. The molecule has 2 heterocycles. The van der Waals surface area contributed by atoms with Crippen molar-refractivity contribution in [3.8, 4) is 0 Å². The second-order valence-electron chi connectivity index (χ2n) is 4.08. The lowest BCUT2D eigenvalue weighted by Crippen LogP contribution is -2.02. The summed E-state index contributed by atoms with van der Waals surface area (Å²) >= 11 is 1.82. The zero-order valence-electron chi connectivity index (χ0n) is 9.76. The fourth-order valence-corrected chi connectivity index (χ4v) is 3.09. The van der Waals surface area contributed by atoms with E-state index >= 15 is 0 Å². The molecule has 0 bridgehead atoms. The normalized spacial score (nSPS) is 11.1. The van der Waals surface area contributed by atoms with E-state index in [1.807, 2.05) is 17.5 Å². The highest BCUT2D eigenvalue weighted by molar-refractivity contribution is 7.17. The zero-order valence-corrected chi connectivity index (χ0v) is 10.6. The van der Waals surface area contributed by atoms with Crippen LogP contribution < -0.4 is 0 Å². The predicted molar refractivity (Wildman–Crippen MR) is 72.5 cm³/mol. The van der Waals surface area contributed by atoms with Gasteiger partial charge in [-0.25, -0.2) is 4.98 Å². The molecule has 0 amide bonds. The summed E-state index contributed by atoms with van der Waals surface area (Å²) in [5.41, 5.74) is 1.39. The van der Waals surface area contributed by atoms with E-state index in [1.165, 1.54) is 15.6 Å². The van der Waals surface area contributed by atoms with Gasteiger partial charge in [0.2, 0.25) is 0 Å². The molecular weight excluding hydrogens is 228 g/mol. The molecular formula is C14H14N2S. The van der Waals surface area contributed by atoms with Crippen molar-refractivity contribution in [1.29, 1.82) is 0 Å². The van der Waals surface area contributed by atoms with Crippen LogP contribution >= 0.6 is 11.3 Å². The third-order valence-corrected chi connectivity index (χ3v) is 4.03. The van der Waals surface area contributed by atoms with Gasteiger partial charge in [0.05, 0.1) is 6.54 Å². The molecule has 86 valence electrons. The van der Waals surface area contributed by atoms with Crippen LogP contribution in [0.2, 0.25) is 0 Å². The monoisotopic (exact) mass is 242 g/mol. The molecule has 0 fully saturated rings. The van der Waals surface area contributed by atoms with Crippen molar-refractivity contribution in [2.75, 3.05) is 0 Å². The summed E-state index contributed by atoms with van der Waals surface area (Å²) in [7, 11) is 0. The van der Waals surface area contributed by atoms with E-state index < -0.39 is 0 Å². The molecule has 3 heteroatoms. The van der Waals surface area contributed by atoms with Gasteiger partial charge >= 0.3 is 0 Å². The van der Waals surface area contributed by atoms with Crippen LogP contribution in [0.4, 0.5) is 0 Å². The molecule has 0 radical (unpaired) electrons. The zero-order chi connectivity index (χ0) is 11.7. The SMILES string of the molecule is CCc1nccn1Cc1csc2ccccc12. The van der Waals surface area contributed by atoms with E-state index in [0.717, 1.165) is 18.8 Å². The van der Waals surface area contributed by atoms with Crippen LogP contribution in [-0.4, -0.2) is 9.55 Å². The standard InChI is InChI=1S/C14H14N2S/c1-2-14-15-7-8-16(14)9-11-10-17-13-6-4-3-5-12(11)13/h3-8,10H,2,9H2,1H3. The third-order valence-electron chi connectivity index (χ3n) is 3.02. The lowest BCUT2D eigenvalue weighted by molar-refractivity contribution is 0.737. The average molecular weight is 242 g/mol. The van der Waals surface area contributed by atoms with Crippen molar-refractivity contribution in [3.63, 3.8) is 0 Å². The van der Waals surface area contributed by atoms with Crippen LogP contribution in [0.5, 0.6) is 0 Å². The Morgan fingerprint density at radius 1 is 1.29 bits per heavy atom. The number of hydrogen-bond acceptors (Lipinski definition) is 2. The van der Waals surface area contributed by atoms with Crippen LogP contribution in [0.1, 0.15) is 18.3 Å². The first-order valence-electron chi connectivity index (χ1n) is 5.83. The second kappa shape index (κ2) is 4.34. The first-order chi connectivity index (χ1) is 8.38. The summed E-state index contributed by atoms with van der Waals surface area (Å²) in [6.07, 6.45) is 4.92. The van der Waals surface area contributed by atoms with Crippen LogP contribution in [0.25, 0.3) is 10.1 Å². The highest BCUT2D eigenvalue weighted by Gasteiger charge is 2.06. The van der Waals surface area contributed by atoms with Gasteiger partial charge in [-0.2, -0.15) is 0 Å². The Balaban J connectivity index is 2.00. The van der Waals surface area contributed by atoms with Gasteiger partial charge in [0.15, 0.2) is 0 Å². The van der Waals surface area contributed by atoms with Gasteiger partial charge in [-0.1, -0.05) is 25.1 Å². The number of fused-ring (bicyclic) bond motifs is 1. The number of imidazole rings is 1. The van der Waals surface area contributed by atoms with Gasteiger partial charge in [0, 0.05) is 23.5 Å². The van der Waals surface area contributed by atoms with Crippen molar-refractivity contribution < 1.29 is 0 Å². The quantitative estimate of drug-likeness (QED) is 0.684. The number of aryl methyl sites for hydroxylation is 1. The van der Waals surface area contributed by atoms with Crippen molar-refractivity contribution in [2.24, 2.45) is 0 Å². The first kappa shape index (κ1) is 10.5. The molecule has 0 aliphatic carbocycles. The smallest absolute Gasteiger partial charge is 0.108 e. The van der Waals surface area contributed by atoms with E-state index in [-0.39, 0.29) is 0 Å². The molecule has 2 nitrogen and oxygen atoms in total. The molecule has 0 spiro atoms. The summed E-state index contributed by atoms with van der Waals surface area (Å²) in [6, 6.07) is 8.58. The number of nitrogens with zero attached hydrogens (tertiary/aromatic N) is 2. The Hall–Kier alpha value is -1.61. The van der Waals surface area contributed by atoms with E-state index in [9.17, 15) is 0 Å². The molecule has 0 aliphatic heterocycles. The van der Waals surface area contributed by atoms with Crippen molar-refractivity contribution >= 4 is 21.4 Å². The van der Waals surface area contributed by atoms with E-state index in [1.54, 1.807) is 0 Å². The number of rotatable bonds is 3. The molecule has 0 atom stereocenters. The predicted octanol–water partition coefficient (Wildman–Crippen LogP) is 3.71.